The molecule has 0 aliphatic heterocycles. The summed E-state index contributed by atoms with van der Waals surface area (Å²) in [4.78, 5) is 17.6. The van der Waals surface area contributed by atoms with Crippen molar-refractivity contribution in [3.05, 3.63) is 47.7 Å². The molecule has 3 rings (SSSR count). The first-order valence-corrected chi connectivity index (χ1v) is 5.95. The number of pyridine rings is 2. The average molecular weight is 275 g/mol. The highest BCUT2D eigenvalue weighted by Gasteiger charge is 2.02. The Kier molecular flexibility index (Phi) is 3.92. The highest BCUT2D eigenvalue weighted by Crippen LogP contribution is 2.23. The van der Waals surface area contributed by atoms with Gasteiger partial charge in [0.05, 0.1) is 11.0 Å². The number of fused-ring (bicyclic) bond motifs is 3. The summed E-state index contributed by atoms with van der Waals surface area (Å²) in [5.41, 5.74) is 1.85. The Hall–Kier alpha value is -2.20. The standard InChI is InChI=1S/C12H7ClN2.C2H4O2/c13-11-6-4-8-3-5-10-9(12(8)15-11)2-1-7-14-10;1-2(3)4/h1-7H;1H3,(H,3,4). The summed E-state index contributed by atoms with van der Waals surface area (Å²) in [6.07, 6.45) is 1.78. The Morgan fingerprint density at radius 1 is 1.21 bits per heavy atom. The SMILES string of the molecule is CC(=O)O.Clc1ccc2ccc3ncccc3c2n1. The van der Waals surface area contributed by atoms with Gasteiger partial charge in [-0.05, 0) is 30.3 Å². The third-order valence-corrected chi connectivity index (χ3v) is 2.62. The number of carboxylic acid groups (broad SMARTS) is 1. The maximum absolute atomic E-state index is 9.00. The smallest absolute Gasteiger partial charge is 0.300 e. The van der Waals surface area contributed by atoms with E-state index in [9.17, 15) is 0 Å². The molecule has 0 saturated heterocycles. The van der Waals surface area contributed by atoms with Crippen LogP contribution < -0.4 is 0 Å². The Morgan fingerprint density at radius 2 is 1.89 bits per heavy atom. The predicted octanol–water partition coefficient (Wildman–Crippen LogP) is 3.53. The molecule has 0 bridgehead atoms. The number of aromatic nitrogens is 2. The first kappa shape index (κ1) is 13.2. The summed E-state index contributed by atoms with van der Waals surface area (Å²) in [7, 11) is 0. The summed E-state index contributed by atoms with van der Waals surface area (Å²) in [6.45, 7) is 1.08. The van der Waals surface area contributed by atoms with Crippen molar-refractivity contribution >= 4 is 39.4 Å². The van der Waals surface area contributed by atoms with E-state index >= 15 is 0 Å². The molecule has 0 amide bonds. The summed E-state index contributed by atoms with van der Waals surface area (Å²) in [5.74, 6) is -0.833. The fraction of sp³-hybridized carbons (Fsp3) is 0.0714. The van der Waals surface area contributed by atoms with Gasteiger partial charge in [-0.2, -0.15) is 0 Å². The molecule has 0 atom stereocenters. The molecule has 0 saturated carbocycles. The largest absolute Gasteiger partial charge is 0.481 e. The quantitative estimate of drug-likeness (QED) is 0.503. The molecule has 1 aromatic carbocycles. The second kappa shape index (κ2) is 5.63. The van der Waals surface area contributed by atoms with Gasteiger partial charge in [0.1, 0.15) is 5.15 Å². The van der Waals surface area contributed by atoms with Crippen LogP contribution in [-0.2, 0) is 4.79 Å². The molecular weight excluding hydrogens is 264 g/mol. The van der Waals surface area contributed by atoms with E-state index in [1.807, 2.05) is 30.3 Å². The zero-order valence-electron chi connectivity index (χ0n) is 10.2. The van der Waals surface area contributed by atoms with E-state index in [2.05, 4.69) is 9.97 Å². The van der Waals surface area contributed by atoms with Crippen molar-refractivity contribution in [2.75, 3.05) is 0 Å². The van der Waals surface area contributed by atoms with Crippen LogP contribution in [0.25, 0.3) is 21.8 Å². The number of rotatable bonds is 0. The maximum atomic E-state index is 9.00. The molecule has 0 unspecified atom stereocenters. The Morgan fingerprint density at radius 3 is 2.63 bits per heavy atom. The van der Waals surface area contributed by atoms with Crippen LogP contribution in [0.15, 0.2) is 42.6 Å². The van der Waals surface area contributed by atoms with Crippen molar-refractivity contribution in [2.24, 2.45) is 0 Å². The fourth-order valence-corrected chi connectivity index (χ4v) is 1.86. The molecule has 5 heteroatoms. The molecule has 0 aliphatic carbocycles. The van der Waals surface area contributed by atoms with Gasteiger partial charge in [-0.3, -0.25) is 9.78 Å². The summed E-state index contributed by atoms with van der Waals surface area (Å²) in [5, 5.41) is 10.1. The molecule has 1 N–H and O–H groups in total. The number of aliphatic carboxylic acids is 1. The lowest BCUT2D eigenvalue weighted by atomic mass is 10.1. The van der Waals surface area contributed by atoms with Gasteiger partial charge >= 0.3 is 0 Å². The number of nitrogens with zero attached hydrogens (tertiary/aromatic N) is 2. The first-order valence-electron chi connectivity index (χ1n) is 5.57. The van der Waals surface area contributed by atoms with Crippen LogP contribution in [0.2, 0.25) is 5.15 Å². The lowest BCUT2D eigenvalue weighted by Gasteiger charge is -2.01. The molecule has 0 spiro atoms. The van der Waals surface area contributed by atoms with Crippen molar-refractivity contribution in [2.45, 2.75) is 6.92 Å². The summed E-state index contributed by atoms with van der Waals surface area (Å²) < 4.78 is 0. The van der Waals surface area contributed by atoms with E-state index < -0.39 is 5.97 Å². The Bertz CT molecular complexity index is 740. The van der Waals surface area contributed by atoms with Crippen molar-refractivity contribution < 1.29 is 9.90 Å². The summed E-state index contributed by atoms with van der Waals surface area (Å²) >= 11 is 5.89. The molecule has 96 valence electrons. The zero-order valence-corrected chi connectivity index (χ0v) is 10.9. The van der Waals surface area contributed by atoms with Gasteiger partial charge in [0.15, 0.2) is 0 Å². The van der Waals surface area contributed by atoms with Gasteiger partial charge < -0.3 is 5.11 Å². The van der Waals surface area contributed by atoms with Crippen LogP contribution in [0.4, 0.5) is 0 Å². The van der Waals surface area contributed by atoms with Crippen LogP contribution in [0.1, 0.15) is 6.92 Å². The zero-order chi connectivity index (χ0) is 13.8. The second-order valence-corrected chi connectivity index (χ2v) is 4.25. The second-order valence-electron chi connectivity index (χ2n) is 3.86. The molecule has 0 radical (unpaired) electrons. The van der Waals surface area contributed by atoms with Crippen LogP contribution in [0.5, 0.6) is 0 Å². The van der Waals surface area contributed by atoms with Crippen LogP contribution in [-0.4, -0.2) is 21.0 Å². The van der Waals surface area contributed by atoms with Crippen LogP contribution in [0.3, 0.4) is 0 Å². The third kappa shape index (κ3) is 3.17. The number of halogens is 1. The van der Waals surface area contributed by atoms with Crippen LogP contribution >= 0.6 is 11.6 Å². The fourth-order valence-electron chi connectivity index (χ4n) is 1.72. The molecule has 3 aromatic rings. The van der Waals surface area contributed by atoms with E-state index in [1.54, 1.807) is 12.3 Å². The summed E-state index contributed by atoms with van der Waals surface area (Å²) in [6, 6.07) is 11.7. The average Bonchev–Trinajstić information content (AvgIpc) is 2.38. The molecule has 19 heavy (non-hydrogen) atoms. The van der Waals surface area contributed by atoms with Gasteiger partial charge in [0.2, 0.25) is 0 Å². The molecule has 2 heterocycles. The molecular formula is C14H11ClN2O2. The van der Waals surface area contributed by atoms with E-state index in [4.69, 9.17) is 21.5 Å². The molecule has 0 fully saturated rings. The number of carboxylic acids is 1. The van der Waals surface area contributed by atoms with Crippen LogP contribution in [0, 0.1) is 0 Å². The van der Waals surface area contributed by atoms with Gasteiger partial charge in [0, 0.05) is 23.9 Å². The van der Waals surface area contributed by atoms with Crippen molar-refractivity contribution in [3.63, 3.8) is 0 Å². The number of hydrogen-bond donors (Lipinski definition) is 1. The lowest BCUT2D eigenvalue weighted by molar-refractivity contribution is -0.134. The Labute approximate surface area is 114 Å². The minimum absolute atomic E-state index is 0.513. The third-order valence-electron chi connectivity index (χ3n) is 2.41. The van der Waals surface area contributed by atoms with Gasteiger partial charge in [-0.25, -0.2) is 4.98 Å². The molecule has 0 aliphatic rings. The number of carbonyl (C=O) groups is 1. The monoisotopic (exact) mass is 274 g/mol. The highest BCUT2D eigenvalue weighted by atomic mass is 35.5. The lowest BCUT2D eigenvalue weighted by Crippen LogP contribution is -1.84. The first-order chi connectivity index (χ1) is 9.08. The van der Waals surface area contributed by atoms with Crippen molar-refractivity contribution in [1.82, 2.24) is 9.97 Å². The van der Waals surface area contributed by atoms with E-state index in [-0.39, 0.29) is 0 Å². The number of hydrogen-bond acceptors (Lipinski definition) is 3. The maximum Gasteiger partial charge on any atom is 0.300 e. The number of benzene rings is 1. The van der Waals surface area contributed by atoms with Crippen molar-refractivity contribution in [3.8, 4) is 0 Å². The topological polar surface area (TPSA) is 63.1 Å². The normalized spacial score (nSPS) is 10.0. The Balaban J connectivity index is 0.000000297. The van der Waals surface area contributed by atoms with Gasteiger partial charge in [-0.1, -0.05) is 17.7 Å². The van der Waals surface area contributed by atoms with E-state index in [0.29, 0.717) is 5.15 Å². The minimum atomic E-state index is -0.833. The highest BCUT2D eigenvalue weighted by molar-refractivity contribution is 6.30. The molecule has 2 aromatic heterocycles. The van der Waals surface area contributed by atoms with E-state index in [0.717, 1.165) is 28.7 Å². The molecule has 4 nitrogen and oxygen atoms in total. The van der Waals surface area contributed by atoms with Gasteiger partial charge in [0.25, 0.3) is 5.97 Å². The van der Waals surface area contributed by atoms with Crippen molar-refractivity contribution in [1.29, 1.82) is 0 Å². The van der Waals surface area contributed by atoms with Gasteiger partial charge in [-0.15, -0.1) is 0 Å². The van der Waals surface area contributed by atoms with E-state index in [1.165, 1.54) is 0 Å². The minimum Gasteiger partial charge on any atom is -0.481 e. The predicted molar refractivity (Wildman–Crippen MR) is 75.4 cm³/mol.